The van der Waals surface area contributed by atoms with Gasteiger partial charge in [-0.2, -0.15) is 0 Å². The lowest BCUT2D eigenvalue weighted by atomic mass is 9.88. The smallest absolute Gasteiger partial charge is 0.0597 e. The van der Waals surface area contributed by atoms with Crippen LogP contribution in [0.5, 0.6) is 0 Å². The fourth-order valence-electron chi connectivity index (χ4n) is 3.43. The van der Waals surface area contributed by atoms with Crippen molar-refractivity contribution in [2.75, 3.05) is 19.7 Å². The van der Waals surface area contributed by atoms with Gasteiger partial charge in [0.25, 0.3) is 0 Å². The molecule has 0 aromatic carbocycles. The minimum atomic E-state index is 0.263. The van der Waals surface area contributed by atoms with Crippen molar-refractivity contribution in [2.45, 2.75) is 70.0 Å². The number of hydrogen-bond donors (Lipinski definition) is 2. The molecule has 3 nitrogen and oxygen atoms in total. The Morgan fingerprint density at radius 3 is 2.59 bits per heavy atom. The number of aliphatic hydroxyl groups is 1. The standard InChI is InChI=1S/C14H28N2O/c1-14(2)8-9-15-12(11-17)10-16(14)13-6-4-3-5-7-13/h12-13,15,17H,3-11H2,1-2H3. The second-order valence-electron chi connectivity index (χ2n) is 6.34. The highest BCUT2D eigenvalue weighted by molar-refractivity contribution is 4.93. The topological polar surface area (TPSA) is 35.5 Å². The van der Waals surface area contributed by atoms with Crippen molar-refractivity contribution in [1.82, 2.24) is 10.2 Å². The molecule has 2 fully saturated rings. The molecule has 17 heavy (non-hydrogen) atoms. The van der Waals surface area contributed by atoms with E-state index >= 15 is 0 Å². The van der Waals surface area contributed by atoms with Crippen LogP contribution in [-0.2, 0) is 0 Å². The van der Waals surface area contributed by atoms with Crippen LogP contribution >= 0.6 is 0 Å². The molecule has 1 atom stereocenters. The maximum Gasteiger partial charge on any atom is 0.0597 e. The molecule has 1 heterocycles. The van der Waals surface area contributed by atoms with E-state index in [4.69, 9.17) is 0 Å². The zero-order chi connectivity index (χ0) is 12.3. The van der Waals surface area contributed by atoms with Gasteiger partial charge in [0.1, 0.15) is 0 Å². The van der Waals surface area contributed by atoms with Crippen molar-refractivity contribution < 1.29 is 5.11 Å². The van der Waals surface area contributed by atoms with E-state index in [1.54, 1.807) is 0 Å². The van der Waals surface area contributed by atoms with E-state index in [0.717, 1.165) is 19.1 Å². The predicted molar refractivity (Wildman–Crippen MR) is 71.2 cm³/mol. The third kappa shape index (κ3) is 3.21. The van der Waals surface area contributed by atoms with Crippen LogP contribution in [0, 0.1) is 0 Å². The maximum absolute atomic E-state index is 9.41. The summed E-state index contributed by atoms with van der Waals surface area (Å²) in [6, 6.07) is 1.01. The van der Waals surface area contributed by atoms with Crippen molar-refractivity contribution in [3.05, 3.63) is 0 Å². The molecule has 0 spiro atoms. The monoisotopic (exact) mass is 240 g/mol. The Hall–Kier alpha value is -0.120. The van der Waals surface area contributed by atoms with E-state index in [9.17, 15) is 5.11 Å². The zero-order valence-electron chi connectivity index (χ0n) is 11.4. The van der Waals surface area contributed by atoms with Gasteiger partial charge in [0.2, 0.25) is 0 Å². The SMILES string of the molecule is CC1(C)CCNC(CO)CN1C1CCCCC1. The first-order valence-electron chi connectivity index (χ1n) is 7.24. The minimum Gasteiger partial charge on any atom is -0.395 e. The second-order valence-corrected chi connectivity index (χ2v) is 6.34. The van der Waals surface area contributed by atoms with Crippen molar-refractivity contribution in [2.24, 2.45) is 0 Å². The van der Waals surface area contributed by atoms with Crippen LogP contribution in [0.3, 0.4) is 0 Å². The van der Waals surface area contributed by atoms with Crippen molar-refractivity contribution in [3.63, 3.8) is 0 Å². The van der Waals surface area contributed by atoms with Gasteiger partial charge in [0.15, 0.2) is 0 Å². The number of hydrogen-bond acceptors (Lipinski definition) is 3. The largest absolute Gasteiger partial charge is 0.395 e. The molecule has 1 aliphatic carbocycles. The molecular formula is C14H28N2O. The van der Waals surface area contributed by atoms with Gasteiger partial charge in [-0.15, -0.1) is 0 Å². The van der Waals surface area contributed by atoms with Crippen LogP contribution < -0.4 is 5.32 Å². The number of rotatable bonds is 2. The van der Waals surface area contributed by atoms with Crippen LogP contribution in [0.25, 0.3) is 0 Å². The summed E-state index contributed by atoms with van der Waals surface area (Å²) in [5, 5.41) is 12.9. The Kier molecular flexibility index (Phi) is 4.45. The quantitative estimate of drug-likeness (QED) is 0.772. The van der Waals surface area contributed by atoms with Crippen LogP contribution in [0.4, 0.5) is 0 Å². The third-order valence-corrected chi connectivity index (χ3v) is 4.60. The molecule has 2 aliphatic rings. The molecular weight excluding hydrogens is 212 g/mol. The van der Waals surface area contributed by atoms with Crippen molar-refractivity contribution >= 4 is 0 Å². The second kappa shape index (κ2) is 5.68. The van der Waals surface area contributed by atoms with Gasteiger partial charge in [-0.1, -0.05) is 19.3 Å². The van der Waals surface area contributed by atoms with Crippen molar-refractivity contribution in [1.29, 1.82) is 0 Å². The van der Waals surface area contributed by atoms with Gasteiger partial charge >= 0.3 is 0 Å². The summed E-state index contributed by atoms with van der Waals surface area (Å²) < 4.78 is 0. The highest BCUT2D eigenvalue weighted by Gasteiger charge is 2.36. The number of nitrogens with zero attached hydrogens (tertiary/aromatic N) is 1. The summed E-state index contributed by atoms with van der Waals surface area (Å²) in [6.45, 7) is 7.03. The molecule has 1 unspecified atom stereocenters. The number of nitrogens with one attached hydrogen (secondary N) is 1. The highest BCUT2D eigenvalue weighted by atomic mass is 16.3. The summed E-state index contributed by atoms with van der Waals surface area (Å²) in [5.74, 6) is 0. The molecule has 0 radical (unpaired) electrons. The molecule has 0 bridgehead atoms. The van der Waals surface area contributed by atoms with Gasteiger partial charge in [0, 0.05) is 24.2 Å². The van der Waals surface area contributed by atoms with Gasteiger partial charge in [-0.05, 0) is 39.7 Å². The molecule has 100 valence electrons. The van der Waals surface area contributed by atoms with Crippen LogP contribution in [0.1, 0.15) is 52.4 Å². The van der Waals surface area contributed by atoms with E-state index in [1.807, 2.05) is 0 Å². The third-order valence-electron chi connectivity index (χ3n) is 4.60. The lowest BCUT2D eigenvalue weighted by Crippen LogP contribution is -2.53. The molecule has 0 amide bonds. The molecule has 1 saturated heterocycles. The van der Waals surface area contributed by atoms with E-state index in [1.165, 1.54) is 38.5 Å². The zero-order valence-corrected chi connectivity index (χ0v) is 11.4. The fourth-order valence-corrected chi connectivity index (χ4v) is 3.43. The van der Waals surface area contributed by atoms with Crippen LogP contribution in [0.15, 0.2) is 0 Å². The maximum atomic E-state index is 9.41. The first kappa shape index (κ1) is 13.3. The molecule has 2 N–H and O–H groups in total. The summed E-state index contributed by atoms with van der Waals surface area (Å²) in [4.78, 5) is 2.67. The summed E-state index contributed by atoms with van der Waals surface area (Å²) in [7, 11) is 0. The Morgan fingerprint density at radius 2 is 1.94 bits per heavy atom. The van der Waals surface area contributed by atoms with Crippen LogP contribution in [0.2, 0.25) is 0 Å². The molecule has 3 heteroatoms. The van der Waals surface area contributed by atoms with E-state index in [-0.39, 0.29) is 18.2 Å². The van der Waals surface area contributed by atoms with Gasteiger partial charge in [0.05, 0.1) is 6.61 Å². The minimum absolute atomic E-state index is 0.263. The molecule has 1 aliphatic heterocycles. The Labute approximate surface area is 106 Å². The average molecular weight is 240 g/mol. The van der Waals surface area contributed by atoms with Crippen LogP contribution in [-0.4, -0.2) is 47.3 Å². The van der Waals surface area contributed by atoms with Gasteiger partial charge < -0.3 is 10.4 Å². The number of aliphatic hydroxyl groups excluding tert-OH is 1. The molecule has 0 aromatic heterocycles. The first-order chi connectivity index (χ1) is 8.13. The summed E-state index contributed by atoms with van der Waals surface area (Å²) in [6.07, 6.45) is 8.05. The molecule has 0 aromatic rings. The predicted octanol–water partition coefficient (Wildman–Crippen LogP) is 1.75. The van der Waals surface area contributed by atoms with E-state index < -0.39 is 0 Å². The summed E-state index contributed by atoms with van der Waals surface area (Å²) >= 11 is 0. The van der Waals surface area contributed by atoms with E-state index in [0.29, 0.717) is 0 Å². The fraction of sp³-hybridized carbons (Fsp3) is 1.00. The molecule has 2 rings (SSSR count). The first-order valence-corrected chi connectivity index (χ1v) is 7.24. The Bertz CT molecular complexity index is 236. The van der Waals surface area contributed by atoms with Gasteiger partial charge in [-0.3, -0.25) is 4.90 Å². The Morgan fingerprint density at radius 1 is 1.24 bits per heavy atom. The summed E-state index contributed by atoms with van der Waals surface area (Å²) in [5.41, 5.74) is 0.277. The lowest BCUT2D eigenvalue weighted by molar-refractivity contribution is 0.0429. The average Bonchev–Trinajstić information content (AvgIpc) is 2.48. The Balaban J connectivity index is 2.07. The van der Waals surface area contributed by atoms with E-state index in [2.05, 4.69) is 24.1 Å². The van der Waals surface area contributed by atoms with Gasteiger partial charge in [-0.25, -0.2) is 0 Å². The highest BCUT2D eigenvalue weighted by Crippen LogP contribution is 2.31. The molecule has 1 saturated carbocycles. The van der Waals surface area contributed by atoms with Crippen molar-refractivity contribution in [3.8, 4) is 0 Å². The lowest BCUT2D eigenvalue weighted by Gasteiger charge is -2.44. The normalized spacial score (nSPS) is 32.3.